The Hall–Kier alpha value is -2.80. The molecule has 26 heavy (non-hydrogen) atoms. The van der Waals surface area contributed by atoms with E-state index in [0.29, 0.717) is 30.7 Å². The SMILES string of the molecule is Nc1cc(=O)n(-c2cccc3c2CCOC3)c2cc(C(F)(F)F)ccc12. The number of rotatable bonds is 1. The van der Waals surface area contributed by atoms with Crippen molar-refractivity contribution in [3.8, 4) is 5.69 Å². The maximum atomic E-state index is 13.2. The summed E-state index contributed by atoms with van der Waals surface area (Å²) < 4.78 is 46.3. The zero-order valence-electron chi connectivity index (χ0n) is 13.6. The lowest BCUT2D eigenvalue weighted by molar-refractivity contribution is -0.137. The van der Waals surface area contributed by atoms with Crippen molar-refractivity contribution in [1.29, 1.82) is 0 Å². The molecule has 0 atom stereocenters. The quantitative estimate of drug-likeness (QED) is 0.720. The zero-order valence-corrected chi connectivity index (χ0v) is 13.6. The number of anilines is 1. The van der Waals surface area contributed by atoms with Crippen LogP contribution in [0.15, 0.2) is 47.3 Å². The van der Waals surface area contributed by atoms with Crippen molar-refractivity contribution >= 4 is 16.6 Å². The molecule has 7 heteroatoms. The Kier molecular flexibility index (Phi) is 3.77. The van der Waals surface area contributed by atoms with Crippen LogP contribution >= 0.6 is 0 Å². The van der Waals surface area contributed by atoms with E-state index < -0.39 is 17.3 Å². The van der Waals surface area contributed by atoms with Crippen LogP contribution in [0, 0.1) is 0 Å². The third-order valence-electron chi connectivity index (χ3n) is 4.62. The van der Waals surface area contributed by atoms with Crippen molar-refractivity contribution in [2.45, 2.75) is 19.2 Å². The van der Waals surface area contributed by atoms with Gasteiger partial charge in [-0.05, 0) is 35.7 Å². The number of halogens is 3. The Morgan fingerprint density at radius 2 is 1.92 bits per heavy atom. The molecule has 134 valence electrons. The number of pyridine rings is 1. The molecule has 0 saturated heterocycles. The van der Waals surface area contributed by atoms with E-state index in [1.165, 1.54) is 16.7 Å². The van der Waals surface area contributed by atoms with E-state index in [9.17, 15) is 18.0 Å². The number of nitrogens with zero attached hydrogens (tertiary/aromatic N) is 1. The van der Waals surface area contributed by atoms with E-state index in [4.69, 9.17) is 10.5 Å². The first-order valence-corrected chi connectivity index (χ1v) is 8.07. The van der Waals surface area contributed by atoms with Gasteiger partial charge in [-0.1, -0.05) is 18.2 Å². The molecule has 4 nitrogen and oxygen atoms in total. The van der Waals surface area contributed by atoms with E-state index in [1.807, 2.05) is 6.07 Å². The molecule has 0 spiro atoms. The monoisotopic (exact) mass is 360 g/mol. The Morgan fingerprint density at radius 1 is 1.12 bits per heavy atom. The molecule has 0 unspecified atom stereocenters. The van der Waals surface area contributed by atoms with Gasteiger partial charge in [0.1, 0.15) is 0 Å². The summed E-state index contributed by atoms with van der Waals surface area (Å²) in [4.78, 5) is 12.7. The number of hydrogen-bond acceptors (Lipinski definition) is 3. The maximum Gasteiger partial charge on any atom is 0.416 e. The fourth-order valence-electron chi connectivity index (χ4n) is 3.39. The second-order valence-electron chi connectivity index (χ2n) is 6.22. The summed E-state index contributed by atoms with van der Waals surface area (Å²) >= 11 is 0. The van der Waals surface area contributed by atoms with Gasteiger partial charge in [-0.25, -0.2) is 0 Å². The van der Waals surface area contributed by atoms with Crippen molar-refractivity contribution in [2.75, 3.05) is 12.3 Å². The second-order valence-corrected chi connectivity index (χ2v) is 6.22. The number of hydrogen-bond donors (Lipinski definition) is 1. The molecule has 0 fully saturated rings. The van der Waals surface area contributed by atoms with Crippen LogP contribution in [0.4, 0.5) is 18.9 Å². The largest absolute Gasteiger partial charge is 0.416 e. The highest BCUT2D eigenvalue weighted by molar-refractivity contribution is 5.92. The van der Waals surface area contributed by atoms with Gasteiger partial charge in [0.25, 0.3) is 5.56 Å². The molecule has 0 bridgehead atoms. The molecule has 0 radical (unpaired) electrons. The van der Waals surface area contributed by atoms with Crippen molar-refractivity contribution in [1.82, 2.24) is 4.57 Å². The number of benzene rings is 2. The number of nitrogens with two attached hydrogens (primary N) is 1. The highest BCUT2D eigenvalue weighted by Crippen LogP contribution is 2.34. The summed E-state index contributed by atoms with van der Waals surface area (Å²) in [6, 6.07) is 9.90. The molecule has 1 aromatic heterocycles. The van der Waals surface area contributed by atoms with Gasteiger partial charge in [-0.3, -0.25) is 9.36 Å². The standard InChI is InChI=1S/C19H15F3N2O2/c20-19(21,22)12-4-5-14-15(23)9-18(25)24(17(14)8-12)16-3-1-2-11-10-26-7-6-13(11)16/h1-5,8-9H,6-7,10,23H2. The molecule has 0 aliphatic carbocycles. The molecular weight excluding hydrogens is 345 g/mol. The van der Waals surface area contributed by atoms with Crippen LogP contribution in [0.5, 0.6) is 0 Å². The smallest absolute Gasteiger partial charge is 0.398 e. The highest BCUT2D eigenvalue weighted by atomic mass is 19.4. The van der Waals surface area contributed by atoms with Crippen LogP contribution in [0.3, 0.4) is 0 Å². The van der Waals surface area contributed by atoms with Crippen molar-refractivity contribution < 1.29 is 17.9 Å². The number of ether oxygens (including phenoxy) is 1. The summed E-state index contributed by atoms with van der Waals surface area (Å²) in [6.07, 6.45) is -3.92. The lowest BCUT2D eigenvalue weighted by Gasteiger charge is -2.22. The maximum absolute atomic E-state index is 13.2. The fraction of sp³-hybridized carbons (Fsp3) is 0.211. The van der Waals surface area contributed by atoms with Gasteiger partial charge in [0.2, 0.25) is 0 Å². The number of fused-ring (bicyclic) bond motifs is 2. The first-order valence-electron chi connectivity index (χ1n) is 8.07. The van der Waals surface area contributed by atoms with Gasteiger partial charge in [0, 0.05) is 17.1 Å². The lowest BCUT2D eigenvalue weighted by Crippen LogP contribution is -2.23. The normalized spacial score (nSPS) is 14.4. The molecule has 0 saturated carbocycles. The predicted molar refractivity (Wildman–Crippen MR) is 92.3 cm³/mol. The van der Waals surface area contributed by atoms with Crippen LogP contribution in [-0.2, 0) is 23.9 Å². The molecule has 2 N–H and O–H groups in total. The summed E-state index contributed by atoms with van der Waals surface area (Å²) in [5.74, 6) is 0. The second kappa shape index (κ2) is 5.88. The van der Waals surface area contributed by atoms with Crippen molar-refractivity contribution in [3.05, 3.63) is 69.5 Å². The van der Waals surface area contributed by atoms with Gasteiger partial charge in [0.05, 0.1) is 30.0 Å². The van der Waals surface area contributed by atoms with Gasteiger partial charge >= 0.3 is 6.18 Å². The third-order valence-corrected chi connectivity index (χ3v) is 4.62. The number of nitrogen functional groups attached to an aromatic ring is 1. The minimum Gasteiger partial charge on any atom is -0.398 e. The average molecular weight is 360 g/mol. The molecule has 3 aromatic rings. The van der Waals surface area contributed by atoms with Crippen LogP contribution in [0.1, 0.15) is 16.7 Å². The number of alkyl halides is 3. The summed E-state index contributed by atoms with van der Waals surface area (Å²) in [5.41, 5.74) is 7.30. The van der Waals surface area contributed by atoms with Crippen molar-refractivity contribution in [2.24, 2.45) is 0 Å². The lowest BCUT2D eigenvalue weighted by atomic mass is 10.00. The fourth-order valence-corrected chi connectivity index (χ4v) is 3.39. The Labute approximate surface area is 146 Å². The molecule has 1 aliphatic rings. The first kappa shape index (κ1) is 16.7. The van der Waals surface area contributed by atoms with Gasteiger partial charge in [0.15, 0.2) is 0 Å². The Bertz CT molecular complexity index is 1070. The van der Waals surface area contributed by atoms with E-state index in [2.05, 4.69) is 0 Å². The van der Waals surface area contributed by atoms with Crippen molar-refractivity contribution in [3.63, 3.8) is 0 Å². The Balaban J connectivity index is 2.08. The topological polar surface area (TPSA) is 57.2 Å². The van der Waals surface area contributed by atoms with Crippen LogP contribution in [0.25, 0.3) is 16.6 Å². The van der Waals surface area contributed by atoms with Gasteiger partial charge in [-0.2, -0.15) is 13.2 Å². The van der Waals surface area contributed by atoms with E-state index in [-0.39, 0.29) is 11.2 Å². The Morgan fingerprint density at radius 3 is 2.69 bits per heavy atom. The van der Waals surface area contributed by atoms with Crippen LogP contribution in [-0.4, -0.2) is 11.2 Å². The zero-order chi connectivity index (χ0) is 18.5. The predicted octanol–water partition coefficient (Wildman–Crippen LogP) is 3.66. The van der Waals surface area contributed by atoms with Gasteiger partial charge in [-0.15, -0.1) is 0 Å². The minimum atomic E-state index is -4.51. The summed E-state index contributed by atoms with van der Waals surface area (Å²) in [7, 11) is 0. The molecule has 0 amide bonds. The molecular formula is C19H15F3N2O2. The van der Waals surface area contributed by atoms with Crippen LogP contribution < -0.4 is 11.3 Å². The summed E-state index contributed by atoms with van der Waals surface area (Å²) in [6.45, 7) is 0.915. The van der Waals surface area contributed by atoms with E-state index in [1.54, 1.807) is 12.1 Å². The van der Waals surface area contributed by atoms with Crippen LogP contribution in [0.2, 0.25) is 0 Å². The molecule has 4 rings (SSSR count). The third kappa shape index (κ3) is 2.64. The van der Waals surface area contributed by atoms with Gasteiger partial charge < -0.3 is 10.5 Å². The summed E-state index contributed by atoms with van der Waals surface area (Å²) in [5, 5.41) is 0.405. The van der Waals surface area contributed by atoms with E-state index >= 15 is 0 Å². The minimum absolute atomic E-state index is 0.143. The highest BCUT2D eigenvalue weighted by Gasteiger charge is 2.31. The molecule has 2 aromatic carbocycles. The first-order chi connectivity index (χ1) is 12.4. The molecule has 2 heterocycles. The number of aromatic nitrogens is 1. The van der Waals surface area contributed by atoms with E-state index in [0.717, 1.165) is 23.3 Å². The average Bonchev–Trinajstić information content (AvgIpc) is 2.60. The molecule has 1 aliphatic heterocycles.